The van der Waals surface area contributed by atoms with Crippen molar-refractivity contribution in [3.05, 3.63) is 29.8 Å². The van der Waals surface area contributed by atoms with Crippen molar-refractivity contribution in [3.8, 4) is 0 Å². The summed E-state index contributed by atoms with van der Waals surface area (Å²) >= 11 is 0. The van der Waals surface area contributed by atoms with E-state index >= 15 is 0 Å². The van der Waals surface area contributed by atoms with E-state index in [4.69, 9.17) is 5.73 Å². The zero-order chi connectivity index (χ0) is 13.0. The standard InChI is InChI=1S/C14H21N3O/c1-11(17-8-4-5-9-17)14(18)16-13-7-3-2-6-12(13)10-15/h2-3,6-7,11H,4-5,8-10,15H2,1H3,(H,16,18). The molecule has 1 atom stereocenters. The van der Waals surface area contributed by atoms with Crippen LogP contribution in [0.15, 0.2) is 24.3 Å². The maximum Gasteiger partial charge on any atom is 0.241 e. The summed E-state index contributed by atoms with van der Waals surface area (Å²) in [5.74, 6) is 0.0535. The fourth-order valence-corrected chi connectivity index (χ4v) is 2.35. The molecule has 1 unspecified atom stereocenters. The zero-order valence-electron chi connectivity index (χ0n) is 10.9. The predicted molar refractivity (Wildman–Crippen MR) is 73.2 cm³/mol. The quantitative estimate of drug-likeness (QED) is 0.849. The molecule has 18 heavy (non-hydrogen) atoms. The third-order valence-electron chi connectivity index (χ3n) is 3.56. The zero-order valence-corrected chi connectivity index (χ0v) is 10.9. The number of likely N-dealkylation sites (tertiary alicyclic amines) is 1. The van der Waals surface area contributed by atoms with Gasteiger partial charge in [-0.05, 0) is 44.5 Å². The minimum absolute atomic E-state index is 0.0535. The fourth-order valence-electron chi connectivity index (χ4n) is 2.35. The van der Waals surface area contributed by atoms with Gasteiger partial charge in [-0.15, -0.1) is 0 Å². The Balaban J connectivity index is 2.01. The Morgan fingerprint density at radius 1 is 1.39 bits per heavy atom. The molecule has 0 spiro atoms. The van der Waals surface area contributed by atoms with Crippen LogP contribution < -0.4 is 11.1 Å². The normalized spacial score (nSPS) is 17.7. The highest BCUT2D eigenvalue weighted by Crippen LogP contribution is 2.17. The second-order valence-electron chi connectivity index (χ2n) is 4.77. The summed E-state index contributed by atoms with van der Waals surface area (Å²) in [6.45, 7) is 4.44. The van der Waals surface area contributed by atoms with Gasteiger partial charge in [-0.25, -0.2) is 0 Å². The summed E-state index contributed by atoms with van der Waals surface area (Å²) < 4.78 is 0. The van der Waals surface area contributed by atoms with Crippen molar-refractivity contribution < 1.29 is 4.79 Å². The Morgan fingerprint density at radius 2 is 2.06 bits per heavy atom. The highest BCUT2D eigenvalue weighted by molar-refractivity contribution is 5.95. The molecule has 4 heteroatoms. The summed E-state index contributed by atoms with van der Waals surface area (Å²) in [5.41, 5.74) is 7.46. The van der Waals surface area contributed by atoms with E-state index in [1.54, 1.807) is 0 Å². The number of benzene rings is 1. The number of carbonyl (C=O) groups is 1. The first kappa shape index (κ1) is 13.1. The number of hydrogen-bond acceptors (Lipinski definition) is 3. The smallest absolute Gasteiger partial charge is 0.241 e. The third kappa shape index (κ3) is 2.89. The number of carbonyl (C=O) groups excluding carboxylic acids is 1. The van der Waals surface area contributed by atoms with Gasteiger partial charge in [0.1, 0.15) is 0 Å². The molecule has 0 aromatic heterocycles. The van der Waals surface area contributed by atoms with Gasteiger partial charge in [0.25, 0.3) is 0 Å². The third-order valence-corrected chi connectivity index (χ3v) is 3.56. The van der Waals surface area contributed by atoms with E-state index in [1.807, 2.05) is 31.2 Å². The van der Waals surface area contributed by atoms with Crippen LogP contribution in [0.5, 0.6) is 0 Å². The van der Waals surface area contributed by atoms with E-state index in [2.05, 4.69) is 10.2 Å². The van der Waals surface area contributed by atoms with Crippen molar-refractivity contribution in [2.75, 3.05) is 18.4 Å². The van der Waals surface area contributed by atoms with Crippen LogP contribution in [0.2, 0.25) is 0 Å². The molecule has 0 radical (unpaired) electrons. The van der Waals surface area contributed by atoms with E-state index < -0.39 is 0 Å². The first-order chi connectivity index (χ1) is 8.72. The van der Waals surface area contributed by atoms with Crippen LogP contribution in [-0.2, 0) is 11.3 Å². The summed E-state index contributed by atoms with van der Waals surface area (Å²) in [4.78, 5) is 14.4. The Hall–Kier alpha value is -1.39. The first-order valence-electron chi connectivity index (χ1n) is 6.55. The lowest BCUT2D eigenvalue weighted by Crippen LogP contribution is -2.40. The van der Waals surface area contributed by atoms with E-state index in [0.717, 1.165) is 24.3 Å². The van der Waals surface area contributed by atoms with Crippen LogP contribution >= 0.6 is 0 Å². The van der Waals surface area contributed by atoms with Crippen molar-refractivity contribution in [2.24, 2.45) is 5.73 Å². The monoisotopic (exact) mass is 247 g/mol. The van der Waals surface area contributed by atoms with Gasteiger partial charge in [0, 0.05) is 12.2 Å². The molecule has 0 aliphatic carbocycles. The van der Waals surface area contributed by atoms with Gasteiger partial charge in [0.05, 0.1) is 6.04 Å². The van der Waals surface area contributed by atoms with E-state index in [-0.39, 0.29) is 11.9 Å². The Labute approximate surface area is 108 Å². The van der Waals surface area contributed by atoms with Gasteiger partial charge in [0.15, 0.2) is 0 Å². The molecular weight excluding hydrogens is 226 g/mol. The molecule has 1 fully saturated rings. The summed E-state index contributed by atoms with van der Waals surface area (Å²) in [5, 5.41) is 2.98. The molecule has 98 valence electrons. The van der Waals surface area contributed by atoms with Crippen LogP contribution in [-0.4, -0.2) is 29.9 Å². The van der Waals surface area contributed by atoms with Crippen molar-refractivity contribution in [1.29, 1.82) is 0 Å². The number of para-hydroxylation sites is 1. The molecule has 1 heterocycles. The molecule has 3 N–H and O–H groups in total. The minimum atomic E-state index is -0.0710. The van der Waals surface area contributed by atoms with E-state index in [1.165, 1.54) is 12.8 Å². The van der Waals surface area contributed by atoms with Gasteiger partial charge < -0.3 is 11.1 Å². The molecule has 1 saturated heterocycles. The van der Waals surface area contributed by atoms with Crippen molar-refractivity contribution in [1.82, 2.24) is 4.90 Å². The Morgan fingerprint density at radius 3 is 2.72 bits per heavy atom. The lowest BCUT2D eigenvalue weighted by Gasteiger charge is -2.23. The number of nitrogens with one attached hydrogen (secondary N) is 1. The average molecular weight is 247 g/mol. The first-order valence-corrected chi connectivity index (χ1v) is 6.55. The fraction of sp³-hybridized carbons (Fsp3) is 0.500. The number of hydrogen-bond donors (Lipinski definition) is 2. The average Bonchev–Trinajstić information content (AvgIpc) is 2.92. The molecule has 1 aliphatic heterocycles. The predicted octanol–water partition coefficient (Wildman–Crippen LogP) is 1.57. The molecule has 4 nitrogen and oxygen atoms in total. The number of anilines is 1. The molecular formula is C14H21N3O. The molecule has 1 aromatic rings. The second kappa shape index (κ2) is 5.98. The highest BCUT2D eigenvalue weighted by atomic mass is 16.2. The second-order valence-corrected chi connectivity index (χ2v) is 4.77. The maximum atomic E-state index is 12.2. The summed E-state index contributed by atoms with van der Waals surface area (Å²) in [6.07, 6.45) is 2.38. The van der Waals surface area contributed by atoms with E-state index in [9.17, 15) is 4.79 Å². The summed E-state index contributed by atoms with van der Waals surface area (Å²) in [7, 11) is 0. The summed E-state index contributed by atoms with van der Waals surface area (Å²) in [6, 6.07) is 7.61. The number of nitrogens with zero attached hydrogens (tertiary/aromatic N) is 1. The van der Waals surface area contributed by atoms with Gasteiger partial charge >= 0.3 is 0 Å². The van der Waals surface area contributed by atoms with Crippen LogP contribution in [0.4, 0.5) is 5.69 Å². The molecule has 1 amide bonds. The lowest BCUT2D eigenvalue weighted by atomic mass is 10.1. The molecule has 1 aliphatic rings. The van der Waals surface area contributed by atoms with Gasteiger partial charge in [0.2, 0.25) is 5.91 Å². The number of nitrogens with two attached hydrogens (primary N) is 1. The molecule has 0 bridgehead atoms. The lowest BCUT2D eigenvalue weighted by molar-refractivity contribution is -0.120. The highest BCUT2D eigenvalue weighted by Gasteiger charge is 2.24. The van der Waals surface area contributed by atoms with Crippen LogP contribution in [0.3, 0.4) is 0 Å². The van der Waals surface area contributed by atoms with E-state index in [0.29, 0.717) is 6.54 Å². The van der Waals surface area contributed by atoms with Crippen molar-refractivity contribution in [3.63, 3.8) is 0 Å². The Kier molecular flexibility index (Phi) is 4.33. The largest absolute Gasteiger partial charge is 0.326 e. The van der Waals surface area contributed by atoms with Gasteiger partial charge in [-0.3, -0.25) is 9.69 Å². The SMILES string of the molecule is CC(C(=O)Nc1ccccc1CN)N1CCCC1. The molecule has 1 aromatic carbocycles. The van der Waals surface area contributed by atoms with Crippen LogP contribution in [0, 0.1) is 0 Å². The minimum Gasteiger partial charge on any atom is -0.326 e. The topological polar surface area (TPSA) is 58.4 Å². The van der Waals surface area contributed by atoms with Crippen LogP contribution in [0.1, 0.15) is 25.3 Å². The number of amides is 1. The van der Waals surface area contributed by atoms with Gasteiger partial charge in [-0.2, -0.15) is 0 Å². The molecule has 0 saturated carbocycles. The van der Waals surface area contributed by atoms with Crippen LogP contribution in [0.25, 0.3) is 0 Å². The van der Waals surface area contributed by atoms with Crippen molar-refractivity contribution in [2.45, 2.75) is 32.4 Å². The number of rotatable bonds is 4. The van der Waals surface area contributed by atoms with Gasteiger partial charge in [-0.1, -0.05) is 18.2 Å². The maximum absolute atomic E-state index is 12.2. The van der Waals surface area contributed by atoms with Crippen molar-refractivity contribution >= 4 is 11.6 Å². The molecule has 2 rings (SSSR count). The Bertz CT molecular complexity index is 413.